The maximum Gasteiger partial charge on any atom is 0.305 e. The summed E-state index contributed by atoms with van der Waals surface area (Å²) >= 11 is 10.6. The summed E-state index contributed by atoms with van der Waals surface area (Å²) in [6.45, 7) is 4.79. The van der Waals surface area contributed by atoms with Crippen LogP contribution in [0.2, 0.25) is 0 Å². The second kappa shape index (κ2) is 14.6. The third-order valence-corrected chi connectivity index (χ3v) is 9.59. The SMILES string of the molecule is CSc1cc2c(cc1SC)N(CCC(=O)O)/C(=C/C=C(C)/C=C1\C(=O)N(c3cc(C)[nH]n3)C(=S)N1CCOCCO)S2. The third-order valence-electron chi connectivity index (χ3n) is 6.39. The number of ether oxygens (including phenoxy) is 1. The first-order chi connectivity index (χ1) is 20.2. The fourth-order valence-electron chi connectivity index (χ4n) is 4.40. The molecule has 1 aromatic heterocycles. The minimum Gasteiger partial charge on any atom is -0.481 e. The average molecular weight is 648 g/mol. The number of aryl methyl sites for hydroxylation is 1. The number of carboxylic acid groups (broad SMARTS) is 1. The van der Waals surface area contributed by atoms with E-state index in [2.05, 4.69) is 22.3 Å². The third kappa shape index (κ3) is 7.24. The molecular weight excluding hydrogens is 615 g/mol. The fourth-order valence-corrected chi connectivity index (χ4v) is 7.43. The van der Waals surface area contributed by atoms with Gasteiger partial charge in [-0.05, 0) is 68.4 Å². The molecule has 0 spiro atoms. The molecule has 2 aromatic rings. The van der Waals surface area contributed by atoms with Crippen molar-refractivity contribution in [3.63, 3.8) is 0 Å². The van der Waals surface area contributed by atoms with Crippen LogP contribution >= 0.6 is 47.5 Å². The molecule has 10 nitrogen and oxygen atoms in total. The van der Waals surface area contributed by atoms with Gasteiger partial charge in [-0.15, -0.1) is 23.5 Å². The molecule has 4 rings (SSSR count). The first-order valence-electron chi connectivity index (χ1n) is 13.1. The predicted molar refractivity (Wildman–Crippen MR) is 173 cm³/mol. The molecule has 0 bridgehead atoms. The molecule has 224 valence electrons. The zero-order chi connectivity index (χ0) is 30.4. The molecular formula is C28H33N5O5S4. The number of aliphatic hydroxyl groups excluding tert-OH is 1. The predicted octanol–water partition coefficient (Wildman–Crippen LogP) is 4.86. The number of carbonyl (C=O) groups excluding carboxylic acids is 1. The molecule has 0 atom stereocenters. The Morgan fingerprint density at radius 1 is 1.17 bits per heavy atom. The van der Waals surface area contributed by atoms with Gasteiger partial charge in [0.25, 0.3) is 5.91 Å². The largest absolute Gasteiger partial charge is 0.481 e. The zero-order valence-corrected chi connectivity index (χ0v) is 27.0. The number of allylic oxidation sites excluding steroid dienone is 4. The van der Waals surface area contributed by atoms with Crippen molar-refractivity contribution in [2.45, 2.75) is 35.0 Å². The summed E-state index contributed by atoms with van der Waals surface area (Å²) in [5, 5.41) is 26.7. The van der Waals surface area contributed by atoms with Gasteiger partial charge < -0.3 is 24.7 Å². The lowest BCUT2D eigenvalue weighted by Crippen LogP contribution is -2.34. The van der Waals surface area contributed by atoms with Gasteiger partial charge in [-0.3, -0.25) is 14.7 Å². The molecule has 2 aliphatic heterocycles. The number of nitrogens with zero attached hydrogens (tertiary/aromatic N) is 4. The van der Waals surface area contributed by atoms with E-state index in [0.717, 1.165) is 31.8 Å². The number of hydrogen-bond acceptors (Lipinski definition) is 10. The lowest BCUT2D eigenvalue weighted by atomic mass is 10.2. The number of aliphatic hydroxyl groups is 1. The van der Waals surface area contributed by atoms with E-state index in [0.29, 0.717) is 29.7 Å². The zero-order valence-electron chi connectivity index (χ0n) is 23.7. The van der Waals surface area contributed by atoms with Crippen molar-refractivity contribution in [2.24, 2.45) is 0 Å². The number of benzene rings is 1. The van der Waals surface area contributed by atoms with Gasteiger partial charge >= 0.3 is 5.97 Å². The number of H-pyrrole nitrogens is 1. The number of thiocarbonyl (C=S) groups is 1. The van der Waals surface area contributed by atoms with Crippen molar-refractivity contribution < 1.29 is 24.5 Å². The Morgan fingerprint density at radius 3 is 2.55 bits per heavy atom. The maximum atomic E-state index is 13.6. The highest BCUT2D eigenvalue weighted by atomic mass is 32.2. The van der Waals surface area contributed by atoms with Crippen molar-refractivity contribution in [3.05, 3.63) is 58.4 Å². The van der Waals surface area contributed by atoms with Gasteiger partial charge in [0.05, 0.1) is 37.0 Å². The molecule has 1 amide bonds. The van der Waals surface area contributed by atoms with E-state index < -0.39 is 5.97 Å². The van der Waals surface area contributed by atoms with Crippen LogP contribution in [0.5, 0.6) is 0 Å². The van der Waals surface area contributed by atoms with Crippen LogP contribution in [0.4, 0.5) is 11.5 Å². The standard InChI is InChI=1S/C28H33N5O5S4/c1-17(5-6-25-31(8-7-26(35)36)19-15-22(40-3)23(41-4)16-21(19)42-25)13-20-27(37)33(24-14-18(2)29-30-24)28(39)32(20)9-11-38-12-10-34/h5-6,13-16,34H,7-12H2,1-4H3,(H,29,30)(H,35,36)/b17-5+,20-13+,25-6-. The molecule has 0 radical (unpaired) electrons. The number of carbonyl (C=O) groups is 2. The number of amides is 1. The van der Waals surface area contributed by atoms with E-state index >= 15 is 0 Å². The van der Waals surface area contributed by atoms with Crippen molar-refractivity contribution in [1.82, 2.24) is 15.1 Å². The van der Waals surface area contributed by atoms with Crippen LogP contribution in [0.3, 0.4) is 0 Å². The van der Waals surface area contributed by atoms with Crippen LogP contribution in [-0.2, 0) is 14.3 Å². The highest BCUT2D eigenvalue weighted by Crippen LogP contribution is 2.49. The van der Waals surface area contributed by atoms with E-state index in [4.69, 9.17) is 22.1 Å². The topological polar surface area (TPSA) is 122 Å². The number of hydrogen-bond donors (Lipinski definition) is 3. The van der Waals surface area contributed by atoms with Crippen LogP contribution in [-0.4, -0.2) is 87.7 Å². The first-order valence-corrected chi connectivity index (χ1v) is 16.8. The minimum absolute atomic E-state index is 0.00469. The van der Waals surface area contributed by atoms with Crippen molar-refractivity contribution >= 4 is 76.0 Å². The summed E-state index contributed by atoms with van der Waals surface area (Å²) in [5.74, 6) is -0.737. The van der Waals surface area contributed by atoms with Crippen molar-refractivity contribution in [2.75, 3.05) is 55.2 Å². The van der Waals surface area contributed by atoms with Gasteiger partial charge in [-0.2, -0.15) is 5.10 Å². The van der Waals surface area contributed by atoms with Crippen molar-refractivity contribution in [1.29, 1.82) is 0 Å². The Hall–Kier alpha value is -2.75. The van der Waals surface area contributed by atoms with E-state index in [-0.39, 0.29) is 32.1 Å². The van der Waals surface area contributed by atoms with Crippen LogP contribution in [0.1, 0.15) is 19.0 Å². The van der Waals surface area contributed by atoms with Crippen molar-refractivity contribution in [3.8, 4) is 0 Å². The number of anilines is 2. The monoisotopic (exact) mass is 647 g/mol. The molecule has 14 heteroatoms. The molecule has 3 heterocycles. The highest BCUT2D eigenvalue weighted by Gasteiger charge is 2.40. The number of carboxylic acids is 1. The minimum atomic E-state index is -0.856. The van der Waals surface area contributed by atoms with Crippen LogP contribution in [0.15, 0.2) is 67.4 Å². The molecule has 42 heavy (non-hydrogen) atoms. The van der Waals surface area contributed by atoms with Gasteiger partial charge in [-0.25, -0.2) is 4.90 Å². The number of nitrogens with one attached hydrogen (secondary N) is 1. The smallest absolute Gasteiger partial charge is 0.305 e. The van der Waals surface area contributed by atoms with Gasteiger partial charge in [0.15, 0.2) is 10.9 Å². The van der Waals surface area contributed by atoms with Crippen LogP contribution in [0.25, 0.3) is 0 Å². The highest BCUT2D eigenvalue weighted by molar-refractivity contribution is 8.04. The lowest BCUT2D eigenvalue weighted by molar-refractivity contribution is -0.136. The Kier molecular flexibility index (Phi) is 11.2. The van der Waals surface area contributed by atoms with E-state index in [1.807, 2.05) is 43.4 Å². The van der Waals surface area contributed by atoms with Crippen LogP contribution in [0, 0.1) is 6.92 Å². The molecule has 0 aliphatic carbocycles. The summed E-state index contributed by atoms with van der Waals surface area (Å²) in [4.78, 5) is 33.6. The van der Waals surface area contributed by atoms with Crippen LogP contribution < -0.4 is 9.80 Å². The average Bonchev–Trinajstić information content (AvgIpc) is 3.61. The number of aliphatic carboxylic acids is 1. The fraction of sp³-hybridized carbons (Fsp3) is 0.357. The van der Waals surface area contributed by atoms with Gasteiger partial charge in [-0.1, -0.05) is 17.8 Å². The Balaban J connectivity index is 1.65. The summed E-state index contributed by atoms with van der Waals surface area (Å²) in [7, 11) is 0. The van der Waals surface area contributed by atoms with E-state index in [9.17, 15) is 14.7 Å². The molecule has 1 fully saturated rings. The first kappa shape index (κ1) is 32.2. The van der Waals surface area contributed by atoms with Gasteiger partial charge in [0, 0.05) is 39.5 Å². The second-order valence-electron chi connectivity index (χ2n) is 9.34. The summed E-state index contributed by atoms with van der Waals surface area (Å²) in [6, 6.07) is 6.04. The molecule has 2 aliphatic rings. The Morgan fingerprint density at radius 2 is 1.90 bits per heavy atom. The van der Waals surface area contributed by atoms with E-state index in [1.165, 1.54) is 9.80 Å². The quantitative estimate of drug-likeness (QED) is 0.119. The summed E-state index contributed by atoms with van der Waals surface area (Å²) in [6.07, 6.45) is 9.74. The lowest BCUT2D eigenvalue weighted by Gasteiger charge is -2.20. The van der Waals surface area contributed by atoms with Gasteiger partial charge in [0.1, 0.15) is 5.70 Å². The molecule has 0 saturated carbocycles. The summed E-state index contributed by atoms with van der Waals surface area (Å²) in [5.41, 5.74) is 2.99. The molecule has 0 unspecified atom stereocenters. The molecule has 1 aromatic carbocycles. The summed E-state index contributed by atoms with van der Waals surface area (Å²) < 4.78 is 5.45. The maximum absolute atomic E-state index is 13.6. The van der Waals surface area contributed by atoms with E-state index in [1.54, 1.807) is 52.3 Å². The molecule has 1 saturated heterocycles. The number of fused-ring (bicyclic) bond motifs is 1. The Bertz CT molecular complexity index is 1450. The normalized spacial score (nSPS) is 17.4. The number of aromatic nitrogens is 2. The number of rotatable bonds is 13. The second-order valence-corrected chi connectivity index (χ2v) is 12.5. The number of aromatic amines is 1. The Labute approximate surface area is 263 Å². The number of thioether (sulfide) groups is 3. The molecule has 3 N–H and O–H groups in total. The van der Waals surface area contributed by atoms with Gasteiger partial charge in [0.2, 0.25) is 0 Å².